The van der Waals surface area contributed by atoms with Gasteiger partial charge in [-0.2, -0.15) is 0 Å². The van der Waals surface area contributed by atoms with E-state index in [-0.39, 0.29) is 12.4 Å². The van der Waals surface area contributed by atoms with Crippen molar-refractivity contribution in [2.45, 2.75) is 25.7 Å². The maximum atomic E-state index is 11.1. The Morgan fingerprint density at radius 3 is 3.07 bits per heavy atom. The monoisotopic (exact) mass is 212 g/mol. The van der Waals surface area contributed by atoms with Crippen LogP contribution in [0.3, 0.4) is 0 Å². The quantitative estimate of drug-likeness (QED) is 0.391. The second-order valence-electron chi connectivity index (χ2n) is 3.28. The molecule has 1 saturated heterocycles. The zero-order chi connectivity index (χ0) is 11.3. The Morgan fingerprint density at radius 1 is 1.80 bits per heavy atom. The first-order valence-corrected chi connectivity index (χ1v) is 5.00. The maximum absolute atomic E-state index is 11.1. The van der Waals surface area contributed by atoms with E-state index in [1.807, 2.05) is 11.8 Å². The lowest BCUT2D eigenvalue weighted by atomic mass is 10.3. The molecule has 1 fully saturated rings. The van der Waals surface area contributed by atoms with E-state index in [9.17, 15) is 9.59 Å². The minimum atomic E-state index is -0.460. The van der Waals surface area contributed by atoms with E-state index >= 15 is 0 Å². The molecule has 0 saturated carbocycles. The van der Waals surface area contributed by atoms with E-state index < -0.39 is 5.97 Å². The summed E-state index contributed by atoms with van der Waals surface area (Å²) in [6.07, 6.45) is 1.87. The summed E-state index contributed by atoms with van der Waals surface area (Å²) >= 11 is 0. The normalized spacial score (nSPS) is 23.4. The molecule has 84 valence electrons. The first kappa shape index (κ1) is 11.9. The van der Waals surface area contributed by atoms with Crippen LogP contribution in [0.15, 0.2) is 12.7 Å². The lowest BCUT2D eigenvalue weighted by Crippen LogP contribution is -2.45. The lowest BCUT2D eigenvalue weighted by Gasteiger charge is -2.28. The van der Waals surface area contributed by atoms with Crippen molar-refractivity contribution < 1.29 is 14.3 Å². The molecule has 0 aromatic carbocycles. The lowest BCUT2D eigenvalue weighted by molar-refractivity contribution is -0.155. The van der Waals surface area contributed by atoms with E-state index in [2.05, 4.69) is 11.9 Å². The van der Waals surface area contributed by atoms with Crippen LogP contribution >= 0.6 is 0 Å². The molecule has 2 atom stereocenters. The molecule has 1 aliphatic rings. The predicted molar refractivity (Wildman–Crippen MR) is 54.9 cm³/mol. The van der Waals surface area contributed by atoms with E-state index in [1.165, 1.54) is 0 Å². The van der Waals surface area contributed by atoms with E-state index in [0.29, 0.717) is 13.0 Å². The topological polar surface area (TPSA) is 58.6 Å². The molecular formula is C10H16N2O3. The molecule has 0 aromatic rings. The fraction of sp³-hybridized carbons (Fsp3) is 0.600. The van der Waals surface area contributed by atoms with Gasteiger partial charge in [-0.3, -0.25) is 5.32 Å². The van der Waals surface area contributed by atoms with Crippen LogP contribution in [0.5, 0.6) is 0 Å². The molecule has 2 unspecified atom stereocenters. The standard InChI is InChI=1S/C10H16N2O3/c1-3-9(15-10(14)4-2)12-6-5-11-8(12)7-13/h4,7-9,11H,2-3,5-6H2,1H3. The number of hydrogen-bond acceptors (Lipinski definition) is 5. The average Bonchev–Trinajstić information content (AvgIpc) is 2.73. The van der Waals surface area contributed by atoms with Gasteiger partial charge in [0, 0.05) is 19.2 Å². The van der Waals surface area contributed by atoms with Gasteiger partial charge < -0.3 is 9.53 Å². The number of carbonyl (C=O) groups excluding carboxylic acids is 2. The van der Waals surface area contributed by atoms with E-state index in [0.717, 1.165) is 18.9 Å². The summed E-state index contributed by atoms with van der Waals surface area (Å²) in [5, 5.41) is 3.00. The summed E-state index contributed by atoms with van der Waals surface area (Å²) in [6.45, 7) is 6.67. The van der Waals surface area contributed by atoms with Crippen LogP contribution in [-0.4, -0.2) is 42.6 Å². The van der Waals surface area contributed by atoms with Crippen molar-refractivity contribution in [3.8, 4) is 0 Å². The second-order valence-corrected chi connectivity index (χ2v) is 3.28. The summed E-state index contributed by atoms with van der Waals surface area (Å²) in [6, 6.07) is 0. The first-order valence-electron chi connectivity index (χ1n) is 5.00. The van der Waals surface area contributed by atoms with Crippen LogP contribution < -0.4 is 5.32 Å². The van der Waals surface area contributed by atoms with Gasteiger partial charge in [-0.1, -0.05) is 13.5 Å². The highest BCUT2D eigenvalue weighted by Gasteiger charge is 2.30. The van der Waals surface area contributed by atoms with Crippen LogP contribution in [0, 0.1) is 0 Å². The molecule has 5 heteroatoms. The maximum Gasteiger partial charge on any atom is 0.331 e. The van der Waals surface area contributed by atoms with Crippen LogP contribution in [0.4, 0.5) is 0 Å². The molecule has 0 bridgehead atoms. The van der Waals surface area contributed by atoms with Crippen molar-refractivity contribution in [3.63, 3.8) is 0 Å². The average molecular weight is 212 g/mol. The molecule has 5 nitrogen and oxygen atoms in total. The molecule has 15 heavy (non-hydrogen) atoms. The summed E-state index contributed by atoms with van der Waals surface area (Å²) in [4.78, 5) is 23.6. The Balaban J connectivity index is 2.60. The number of aldehydes is 1. The molecule has 1 aliphatic heterocycles. The van der Waals surface area contributed by atoms with Crippen LogP contribution in [0.25, 0.3) is 0 Å². The van der Waals surface area contributed by atoms with Gasteiger partial charge in [0.25, 0.3) is 0 Å². The van der Waals surface area contributed by atoms with Gasteiger partial charge >= 0.3 is 5.97 Å². The number of nitrogens with one attached hydrogen (secondary N) is 1. The number of rotatable bonds is 5. The Kier molecular flexibility index (Phi) is 4.45. The van der Waals surface area contributed by atoms with Crippen molar-refractivity contribution in [2.24, 2.45) is 0 Å². The van der Waals surface area contributed by atoms with Gasteiger partial charge in [-0.15, -0.1) is 0 Å². The van der Waals surface area contributed by atoms with Crippen molar-refractivity contribution in [3.05, 3.63) is 12.7 Å². The molecular weight excluding hydrogens is 196 g/mol. The fourth-order valence-corrected chi connectivity index (χ4v) is 1.62. The van der Waals surface area contributed by atoms with Gasteiger partial charge in [0.15, 0.2) is 12.5 Å². The van der Waals surface area contributed by atoms with Gasteiger partial charge in [-0.05, 0) is 6.42 Å². The zero-order valence-corrected chi connectivity index (χ0v) is 8.81. The Morgan fingerprint density at radius 2 is 2.53 bits per heavy atom. The molecule has 0 amide bonds. The number of carbonyl (C=O) groups is 2. The minimum Gasteiger partial charge on any atom is -0.443 e. The number of esters is 1. The van der Waals surface area contributed by atoms with Gasteiger partial charge in [0.05, 0.1) is 0 Å². The van der Waals surface area contributed by atoms with Crippen molar-refractivity contribution in [1.29, 1.82) is 0 Å². The molecule has 0 aromatic heterocycles. The summed E-state index contributed by atoms with van der Waals surface area (Å²) in [7, 11) is 0. The molecule has 1 N–H and O–H groups in total. The number of ether oxygens (including phenoxy) is 1. The Hall–Kier alpha value is -1.20. The summed E-state index contributed by atoms with van der Waals surface area (Å²) in [5.41, 5.74) is 0. The molecule has 0 spiro atoms. The smallest absolute Gasteiger partial charge is 0.331 e. The van der Waals surface area contributed by atoms with Gasteiger partial charge in [-0.25, -0.2) is 9.69 Å². The minimum absolute atomic E-state index is 0.354. The van der Waals surface area contributed by atoms with Crippen LogP contribution in [0.1, 0.15) is 13.3 Å². The Bertz CT molecular complexity index is 255. The third-order valence-electron chi connectivity index (χ3n) is 2.35. The van der Waals surface area contributed by atoms with Gasteiger partial charge in [0.2, 0.25) is 0 Å². The third kappa shape index (κ3) is 2.87. The highest BCUT2D eigenvalue weighted by atomic mass is 16.6. The highest BCUT2D eigenvalue weighted by Crippen LogP contribution is 2.12. The summed E-state index contributed by atoms with van der Waals surface area (Å²) in [5.74, 6) is -0.460. The predicted octanol–water partition coefficient (Wildman–Crippen LogP) is -0.118. The molecule has 0 radical (unpaired) electrons. The van der Waals surface area contributed by atoms with Crippen molar-refractivity contribution >= 4 is 12.3 Å². The third-order valence-corrected chi connectivity index (χ3v) is 2.35. The van der Waals surface area contributed by atoms with E-state index in [1.54, 1.807) is 0 Å². The highest BCUT2D eigenvalue weighted by molar-refractivity contribution is 5.81. The fourth-order valence-electron chi connectivity index (χ4n) is 1.62. The summed E-state index contributed by atoms with van der Waals surface area (Å²) < 4.78 is 5.13. The molecule has 1 heterocycles. The second kappa shape index (κ2) is 5.63. The first-order chi connectivity index (χ1) is 7.22. The number of nitrogens with zero attached hydrogens (tertiary/aromatic N) is 1. The Labute approximate surface area is 89.1 Å². The van der Waals surface area contributed by atoms with Crippen molar-refractivity contribution in [1.82, 2.24) is 10.2 Å². The van der Waals surface area contributed by atoms with Gasteiger partial charge in [0.1, 0.15) is 6.17 Å². The zero-order valence-electron chi connectivity index (χ0n) is 8.81. The van der Waals surface area contributed by atoms with E-state index in [4.69, 9.17) is 4.74 Å². The number of hydrogen-bond donors (Lipinski definition) is 1. The largest absolute Gasteiger partial charge is 0.443 e. The van der Waals surface area contributed by atoms with Crippen molar-refractivity contribution in [2.75, 3.05) is 13.1 Å². The van der Waals surface area contributed by atoms with Crippen LogP contribution in [0.2, 0.25) is 0 Å². The molecule has 0 aliphatic carbocycles. The van der Waals surface area contributed by atoms with Crippen LogP contribution in [-0.2, 0) is 14.3 Å². The molecule has 1 rings (SSSR count). The SMILES string of the molecule is C=CC(=O)OC(CC)N1CCNC1C=O.